The summed E-state index contributed by atoms with van der Waals surface area (Å²) in [6.07, 6.45) is 3.99. The van der Waals surface area contributed by atoms with Crippen LogP contribution in [0.15, 0.2) is 42.5 Å². The van der Waals surface area contributed by atoms with Gasteiger partial charge in [-0.05, 0) is 66.8 Å². The summed E-state index contributed by atoms with van der Waals surface area (Å²) in [6.45, 7) is 4.90. The second-order valence-corrected chi connectivity index (χ2v) is 9.72. The molecular formula is C25H31ClFN3O2. The molecule has 1 aliphatic rings. The topological polar surface area (TPSA) is 75.4 Å². The van der Waals surface area contributed by atoms with Crippen LogP contribution < -0.4 is 11.1 Å². The Morgan fingerprint density at radius 3 is 2.56 bits per heavy atom. The second-order valence-electron chi connectivity index (χ2n) is 9.32. The van der Waals surface area contributed by atoms with Crippen molar-refractivity contribution in [2.24, 2.45) is 17.1 Å². The maximum Gasteiger partial charge on any atom is 0.254 e. The number of hydrogen-bond acceptors (Lipinski definition) is 3. The number of rotatable bonds is 8. The van der Waals surface area contributed by atoms with Gasteiger partial charge in [0.05, 0.1) is 0 Å². The van der Waals surface area contributed by atoms with Gasteiger partial charge in [0, 0.05) is 35.3 Å². The highest BCUT2D eigenvalue weighted by Crippen LogP contribution is 2.28. The van der Waals surface area contributed by atoms with Crippen LogP contribution in [-0.4, -0.2) is 29.8 Å². The van der Waals surface area contributed by atoms with Crippen molar-refractivity contribution in [3.05, 3.63) is 64.4 Å². The molecule has 5 nitrogen and oxygen atoms in total. The number of benzene rings is 2. The first-order valence-corrected chi connectivity index (χ1v) is 11.4. The summed E-state index contributed by atoms with van der Waals surface area (Å²) in [7, 11) is 0. The van der Waals surface area contributed by atoms with E-state index in [4.69, 9.17) is 17.3 Å². The maximum atomic E-state index is 13.7. The highest BCUT2D eigenvalue weighted by molar-refractivity contribution is 6.31. The molecule has 0 unspecified atom stereocenters. The van der Waals surface area contributed by atoms with Gasteiger partial charge in [-0.3, -0.25) is 9.59 Å². The zero-order valence-electron chi connectivity index (χ0n) is 18.7. The number of carbonyl (C=O) groups is 2. The van der Waals surface area contributed by atoms with Gasteiger partial charge < -0.3 is 16.0 Å². The molecule has 0 aliphatic heterocycles. The van der Waals surface area contributed by atoms with E-state index >= 15 is 0 Å². The quantitative estimate of drug-likeness (QED) is 0.567. The lowest BCUT2D eigenvalue weighted by Crippen LogP contribution is -2.41. The van der Waals surface area contributed by atoms with Crippen LogP contribution in [0.2, 0.25) is 5.02 Å². The van der Waals surface area contributed by atoms with Gasteiger partial charge in [0.2, 0.25) is 5.91 Å². The smallest absolute Gasteiger partial charge is 0.254 e. The largest absolute Gasteiger partial charge is 0.334 e. The Bertz CT molecular complexity index is 973. The molecule has 172 valence electrons. The van der Waals surface area contributed by atoms with Gasteiger partial charge in [-0.15, -0.1) is 0 Å². The first kappa shape index (κ1) is 24.2. The van der Waals surface area contributed by atoms with Crippen LogP contribution in [-0.2, 0) is 11.3 Å². The summed E-state index contributed by atoms with van der Waals surface area (Å²) in [4.78, 5) is 27.4. The van der Waals surface area contributed by atoms with E-state index in [2.05, 4.69) is 5.32 Å². The summed E-state index contributed by atoms with van der Waals surface area (Å²) in [5, 5.41) is 3.47. The molecule has 0 bridgehead atoms. The predicted octanol–water partition coefficient (Wildman–Crippen LogP) is 5.24. The molecule has 3 N–H and O–H groups in total. The summed E-state index contributed by atoms with van der Waals surface area (Å²) in [6, 6.07) is 10.9. The second kappa shape index (κ2) is 10.5. The lowest BCUT2D eigenvalue weighted by molar-refractivity contribution is -0.119. The third-order valence-electron chi connectivity index (χ3n) is 5.93. The average molecular weight is 460 g/mol. The van der Waals surface area contributed by atoms with Crippen LogP contribution in [0.1, 0.15) is 55.5 Å². The number of nitrogens with one attached hydrogen (secondary N) is 1. The van der Waals surface area contributed by atoms with Gasteiger partial charge in [-0.25, -0.2) is 4.39 Å². The monoisotopic (exact) mass is 459 g/mol. The molecule has 7 heteroatoms. The SMILES string of the molecule is CC(C)(CN)CN(Cc1cc(NC(=O)C2CCCC2)ccc1Cl)C(=O)c1cccc(F)c1. The molecule has 2 amide bonds. The van der Waals surface area contributed by atoms with Crippen molar-refractivity contribution in [2.45, 2.75) is 46.1 Å². The van der Waals surface area contributed by atoms with E-state index in [-0.39, 0.29) is 35.3 Å². The Kier molecular flexibility index (Phi) is 7.91. The lowest BCUT2D eigenvalue weighted by atomic mass is 9.92. The molecule has 1 fully saturated rings. The van der Waals surface area contributed by atoms with Crippen LogP contribution in [0.3, 0.4) is 0 Å². The van der Waals surface area contributed by atoms with Crippen LogP contribution in [0.4, 0.5) is 10.1 Å². The van der Waals surface area contributed by atoms with Crippen molar-refractivity contribution >= 4 is 29.1 Å². The van der Waals surface area contributed by atoms with E-state index in [0.29, 0.717) is 29.4 Å². The fourth-order valence-electron chi connectivity index (χ4n) is 4.00. The zero-order valence-corrected chi connectivity index (χ0v) is 19.4. The number of amides is 2. The minimum atomic E-state index is -0.469. The van der Waals surface area contributed by atoms with Gasteiger partial charge in [-0.2, -0.15) is 0 Å². The third kappa shape index (κ3) is 6.30. The molecule has 0 spiro atoms. The molecule has 2 aromatic rings. The molecular weight excluding hydrogens is 429 g/mol. The zero-order chi connectivity index (χ0) is 23.3. The van der Waals surface area contributed by atoms with Crippen LogP contribution in [0.25, 0.3) is 0 Å². The molecule has 3 rings (SSSR count). The number of anilines is 1. The highest BCUT2D eigenvalue weighted by atomic mass is 35.5. The summed E-state index contributed by atoms with van der Waals surface area (Å²) < 4.78 is 13.7. The Balaban J connectivity index is 1.84. The number of halogens is 2. The van der Waals surface area contributed by atoms with Gasteiger partial charge in [0.1, 0.15) is 5.82 Å². The molecule has 2 aromatic carbocycles. The molecule has 1 saturated carbocycles. The first-order chi connectivity index (χ1) is 15.2. The molecule has 0 saturated heterocycles. The van der Waals surface area contributed by atoms with E-state index < -0.39 is 5.82 Å². The minimum absolute atomic E-state index is 0.0210. The van der Waals surface area contributed by atoms with Crippen molar-refractivity contribution in [3.63, 3.8) is 0 Å². The summed E-state index contributed by atoms with van der Waals surface area (Å²) >= 11 is 6.45. The Morgan fingerprint density at radius 2 is 1.91 bits per heavy atom. The van der Waals surface area contributed by atoms with E-state index in [0.717, 1.165) is 25.7 Å². The fraction of sp³-hybridized carbons (Fsp3) is 0.440. The van der Waals surface area contributed by atoms with Gasteiger partial charge in [0.15, 0.2) is 0 Å². The van der Waals surface area contributed by atoms with E-state index in [1.54, 1.807) is 29.2 Å². The molecule has 0 radical (unpaired) electrons. The highest BCUT2D eigenvalue weighted by Gasteiger charge is 2.26. The van der Waals surface area contributed by atoms with Crippen LogP contribution >= 0.6 is 11.6 Å². The number of nitrogens with zero attached hydrogens (tertiary/aromatic N) is 1. The molecule has 0 heterocycles. The molecule has 0 aromatic heterocycles. The number of carbonyl (C=O) groups excluding carboxylic acids is 2. The molecule has 32 heavy (non-hydrogen) atoms. The van der Waals surface area contributed by atoms with E-state index in [9.17, 15) is 14.0 Å². The van der Waals surface area contributed by atoms with Crippen LogP contribution in [0.5, 0.6) is 0 Å². The Hall–Kier alpha value is -2.44. The van der Waals surface area contributed by atoms with E-state index in [1.165, 1.54) is 18.2 Å². The van der Waals surface area contributed by atoms with Crippen molar-refractivity contribution in [1.29, 1.82) is 0 Å². The first-order valence-electron chi connectivity index (χ1n) is 11.0. The van der Waals surface area contributed by atoms with Crippen molar-refractivity contribution in [1.82, 2.24) is 4.90 Å². The van der Waals surface area contributed by atoms with Gasteiger partial charge in [-0.1, -0.05) is 44.4 Å². The maximum absolute atomic E-state index is 13.7. The minimum Gasteiger partial charge on any atom is -0.334 e. The van der Waals surface area contributed by atoms with Crippen molar-refractivity contribution in [3.8, 4) is 0 Å². The van der Waals surface area contributed by atoms with E-state index in [1.807, 2.05) is 13.8 Å². The predicted molar refractivity (Wildman–Crippen MR) is 126 cm³/mol. The Morgan fingerprint density at radius 1 is 1.19 bits per heavy atom. The fourth-order valence-corrected chi connectivity index (χ4v) is 4.17. The van der Waals surface area contributed by atoms with Crippen molar-refractivity contribution < 1.29 is 14.0 Å². The normalized spacial score (nSPS) is 14.4. The molecule has 0 atom stereocenters. The molecule has 1 aliphatic carbocycles. The lowest BCUT2D eigenvalue weighted by Gasteiger charge is -2.32. The summed E-state index contributed by atoms with van der Waals surface area (Å²) in [5.41, 5.74) is 7.18. The third-order valence-corrected chi connectivity index (χ3v) is 6.30. The standard InChI is InChI=1S/C25H31ClFN3O2/c1-25(2,15-28)16-30(24(32)18-8-5-9-20(27)12-18)14-19-13-21(10-11-22(19)26)29-23(31)17-6-3-4-7-17/h5,8-13,17H,3-4,6-7,14-16,28H2,1-2H3,(H,29,31). The van der Waals surface area contributed by atoms with Gasteiger partial charge >= 0.3 is 0 Å². The average Bonchev–Trinajstić information content (AvgIpc) is 3.30. The van der Waals surface area contributed by atoms with Crippen molar-refractivity contribution in [2.75, 3.05) is 18.4 Å². The Labute approximate surface area is 194 Å². The number of hydrogen-bond donors (Lipinski definition) is 2. The number of nitrogens with two attached hydrogens (primary N) is 1. The van der Waals surface area contributed by atoms with Gasteiger partial charge in [0.25, 0.3) is 5.91 Å². The summed E-state index contributed by atoms with van der Waals surface area (Å²) in [5.74, 6) is -0.704. The van der Waals surface area contributed by atoms with Crippen LogP contribution in [0, 0.1) is 17.2 Å².